The fourth-order valence-electron chi connectivity index (χ4n) is 3.59. The molecule has 2 N–H and O–H groups in total. The number of benzene rings is 2. The zero-order valence-corrected chi connectivity index (χ0v) is 21.4. The first kappa shape index (κ1) is 26.3. The normalized spacial score (nSPS) is 15.8. The minimum absolute atomic E-state index is 0.152. The second kappa shape index (κ2) is 11.0. The molecule has 2 aromatic carbocycles. The van der Waals surface area contributed by atoms with Crippen molar-refractivity contribution in [1.82, 2.24) is 10.2 Å². The predicted octanol–water partition coefficient (Wildman–Crippen LogP) is 5.35. The van der Waals surface area contributed by atoms with Gasteiger partial charge < -0.3 is 20.1 Å². The molecule has 0 spiro atoms. The highest BCUT2D eigenvalue weighted by Crippen LogP contribution is 2.31. The standard InChI is InChI=1S/C26H32ClN3O5/c1-6-7-22(29-24(32)18-9-11-19(27)12-10-18)30(25(33)35-26(3,4)5)15-17-8-13-21-20(14-17)28-23(31)16(2)34-21/h8-14,16,22H,6-7,15H2,1-5H3,(H,28,31)(H,29,32). The summed E-state index contributed by atoms with van der Waals surface area (Å²) in [5.74, 6) is -0.00248. The van der Waals surface area contributed by atoms with Gasteiger partial charge in [0.25, 0.3) is 11.8 Å². The molecule has 2 atom stereocenters. The average molecular weight is 502 g/mol. The maximum Gasteiger partial charge on any atom is 0.412 e. The van der Waals surface area contributed by atoms with E-state index in [0.717, 1.165) is 12.0 Å². The molecule has 0 aliphatic carbocycles. The topological polar surface area (TPSA) is 97.0 Å². The van der Waals surface area contributed by atoms with Crippen LogP contribution in [0, 0.1) is 0 Å². The largest absolute Gasteiger partial charge is 0.479 e. The van der Waals surface area contributed by atoms with Crippen molar-refractivity contribution in [3.05, 3.63) is 58.6 Å². The Morgan fingerprint density at radius 1 is 1.20 bits per heavy atom. The van der Waals surface area contributed by atoms with Crippen LogP contribution in [0.25, 0.3) is 0 Å². The number of hydrogen-bond acceptors (Lipinski definition) is 5. The molecule has 0 bridgehead atoms. The molecular weight excluding hydrogens is 470 g/mol. The summed E-state index contributed by atoms with van der Waals surface area (Å²) in [6, 6.07) is 11.9. The lowest BCUT2D eigenvalue weighted by Gasteiger charge is -2.34. The van der Waals surface area contributed by atoms with Crippen molar-refractivity contribution >= 4 is 35.2 Å². The molecular formula is C26H32ClN3O5. The molecule has 0 saturated carbocycles. The minimum Gasteiger partial charge on any atom is -0.479 e. The summed E-state index contributed by atoms with van der Waals surface area (Å²) in [5, 5.41) is 6.32. The van der Waals surface area contributed by atoms with Crippen molar-refractivity contribution < 1.29 is 23.9 Å². The van der Waals surface area contributed by atoms with Crippen molar-refractivity contribution in [2.24, 2.45) is 0 Å². The van der Waals surface area contributed by atoms with Crippen molar-refractivity contribution in [2.45, 2.75) is 71.9 Å². The van der Waals surface area contributed by atoms with Gasteiger partial charge in [-0.25, -0.2) is 4.79 Å². The maximum absolute atomic E-state index is 13.3. The van der Waals surface area contributed by atoms with Crippen LogP contribution in [-0.4, -0.2) is 40.7 Å². The molecule has 3 amide bonds. The molecule has 0 aromatic heterocycles. The first-order chi connectivity index (χ1) is 16.5. The quantitative estimate of drug-likeness (QED) is 0.498. The Morgan fingerprint density at radius 2 is 1.89 bits per heavy atom. The van der Waals surface area contributed by atoms with Crippen molar-refractivity contribution in [1.29, 1.82) is 0 Å². The summed E-state index contributed by atoms with van der Waals surface area (Å²) in [5.41, 5.74) is 0.990. The molecule has 0 saturated heterocycles. The van der Waals surface area contributed by atoms with Gasteiger partial charge in [-0.15, -0.1) is 0 Å². The van der Waals surface area contributed by atoms with Crippen molar-refractivity contribution in [3.8, 4) is 5.75 Å². The van der Waals surface area contributed by atoms with E-state index in [9.17, 15) is 14.4 Å². The molecule has 0 fully saturated rings. The SMILES string of the molecule is CCCC(NC(=O)c1ccc(Cl)cc1)N(Cc1ccc2c(c1)NC(=O)C(C)O2)C(=O)OC(C)(C)C. The Hall–Kier alpha value is -3.26. The third-order valence-corrected chi connectivity index (χ3v) is 5.55. The third kappa shape index (κ3) is 7.11. The molecule has 3 rings (SSSR count). The molecule has 1 heterocycles. The molecule has 1 aliphatic rings. The van der Waals surface area contributed by atoms with Crippen LogP contribution in [0.4, 0.5) is 10.5 Å². The lowest BCUT2D eigenvalue weighted by Crippen LogP contribution is -2.51. The number of hydrogen-bond donors (Lipinski definition) is 2. The van der Waals surface area contributed by atoms with Crippen LogP contribution in [0.3, 0.4) is 0 Å². The van der Waals surface area contributed by atoms with E-state index in [1.807, 2.05) is 13.0 Å². The van der Waals surface area contributed by atoms with E-state index in [-0.39, 0.29) is 18.4 Å². The first-order valence-electron chi connectivity index (χ1n) is 11.6. The van der Waals surface area contributed by atoms with Crippen molar-refractivity contribution in [3.63, 3.8) is 0 Å². The highest BCUT2D eigenvalue weighted by Gasteiger charge is 2.30. The number of carbonyl (C=O) groups is 3. The van der Waals surface area contributed by atoms with E-state index in [1.54, 1.807) is 64.1 Å². The molecule has 2 aromatic rings. The van der Waals surface area contributed by atoms with E-state index in [1.165, 1.54) is 4.90 Å². The van der Waals surface area contributed by atoms with E-state index in [2.05, 4.69) is 10.6 Å². The molecule has 188 valence electrons. The summed E-state index contributed by atoms with van der Waals surface area (Å²) < 4.78 is 11.3. The van der Waals surface area contributed by atoms with Crippen LogP contribution in [0.15, 0.2) is 42.5 Å². The van der Waals surface area contributed by atoms with Crippen LogP contribution in [-0.2, 0) is 16.1 Å². The van der Waals surface area contributed by atoms with Crippen LogP contribution in [0.2, 0.25) is 5.02 Å². The average Bonchev–Trinajstić information content (AvgIpc) is 2.77. The highest BCUT2D eigenvalue weighted by molar-refractivity contribution is 6.30. The van der Waals surface area contributed by atoms with Crippen LogP contribution in [0.1, 0.15) is 63.4 Å². The van der Waals surface area contributed by atoms with Gasteiger partial charge in [0.2, 0.25) is 0 Å². The summed E-state index contributed by atoms with van der Waals surface area (Å²) in [6.45, 7) is 9.17. The van der Waals surface area contributed by atoms with Gasteiger partial charge in [-0.05, 0) is 76.1 Å². The van der Waals surface area contributed by atoms with Gasteiger partial charge in [0, 0.05) is 10.6 Å². The smallest absolute Gasteiger partial charge is 0.412 e. The Bertz CT molecular complexity index is 1080. The van der Waals surface area contributed by atoms with Gasteiger partial charge >= 0.3 is 6.09 Å². The number of fused-ring (bicyclic) bond motifs is 1. The third-order valence-electron chi connectivity index (χ3n) is 5.30. The number of nitrogens with zero attached hydrogens (tertiary/aromatic N) is 1. The number of ether oxygens (including phenoxy) is 2. The molecule has 35 heavy (non-hydrogen) atoms. The van der Waals surface area contributed by atoms with Crippen LogP contribution in [0.5, 0.6) is 5.75 Å². The zero-order chi connectivity index (χ0) is 25.8. The Kier molecular flexibility index (Phi) is 8.27. The van der Waals surface area contributed by atoms with Gasteiger partial charge in [-0.2, -0.15) is 0 Å². The number of halogens is 1. The van der Waals surface area contributed by atoms with E-state index in [0.29, 0.717) is 28.4 Å². The summed E-state index contributed by atoms with van der Waals surface area (Å²) in [6.07, 6.45) is -0.528. The number of rotatable bonds is 7. The molecule has 1 aliphatic heterocycles. The van der Waals surface area contributed by atoms with Crippen LogP contribution < -0.4 is 15.4 Å². The summed E-state index contributed by atoms with van der Waals surface area (Å²) in [4.78, 5) is 39.8. The molecule has 0 radical (unpaired) electrons. The Morgan fingerprint density at radius 3 is 2.51 bits per heavy atom. The lowest BCUT2D eigenvalue weighted by molar-refractivity contribution is -0.122. The second-order valence-corrected chi connectivity index (χ2v) is 9.91. The fraction of sp³-hybridized carbons (Fsp3) is 0.423. The fourth-order valence-corrected chi connectivity index (χ4v) is 3.71. The first-order valence-corrected chi connectivity index (χ1v) is 12.0. The second-order valence-electron chi connectivity index (χ2n) is 9.47. The molecule has 9 heteroatoms. The van der Waals surface area contributed by atoms with E-state index < -0.39 is 24.0 Å². The summed E-state index contributed by atoms with van der Waals surface area (Å²) >= 11 is 5.95. The molecule has 8 nitrogen and oxygen atoms in total. The Labute approximate surface area is 210 Å². The monoisotopic (exact) mass is 501 g/mol. The van der Waals surface area contributed by atoms with Gasteiger partial charge in [-0.3, -0.25) is 14.5 Å². The van der Waals surface area contributed by atoms with Crippen molar-refractivity contribution in [2.75, 3.05) is 5.32 Å². The number of anilines is 1. The number of amides is 3. The minimum atomic E-state index is -0.722. The maximum atomic E-state index is 13.3. The van der Waals surface area contributed by atoms with E-state index in [4.69, 9.17) is 21.1 Å². The van der Waals surface area contributed by atoms with Gasteiger partial charge in [0.1, 0.15) is 17.5 Å². The van der Waals surface area contributed by atoms with Gasteiger partial charge in [0.05, 0.1) is 12.2 Å². The van der Waals surface area contributed by atoms with E-state index >= 15 is 0 Å². The van der Waals surface area contributed by atoms with Gasteiger partial charge in [-0.1, -0.05) is 31.0 Å². The van der Waals surface area contributed by atoms with Gasteiger partial charge in [0.15, 0.2) is 6.10 Å². The number of carbonyl (C=O) groups excluding carboxylic acids is 3. The summed E-state index contributed by atoms with van der Waals surface area (Å²) in [7, 11) is 0. The predicted molar refractivity (Wildman–Crippen MR) is 135 cm³/mol. The Balaban J connectivity index is 1.89. The lowest BCUT2D eigenvalue weighted by atomic mass is 10.1. The zero-order valence-electron chi connectivity index (χ0n) is 20.7. The molecule has 2 unspecified atom stereocenters. The van der Waals surface area contributed by atoms with Crippen LogP contribution >= 0.6 is 11.6 Å². The highest BCUT2D eigenvalue weighted by atomic mass is 35.5. The number of nitrogens with one attached hydrogen (secondary N) is 2.